The molecule has 1 unspecified atom stereocenters. The number of benzene rings is 1. The van der Waals surface area contributed by atoms with Gasteiger partial charge in [-0.15, -0.1) is 10.2 Å². The zero-order valence-electron chi connectivity index (χ0n) is 9.88. The van der Waals surface area contributed by atoms with E-state index in [1.807, 2.05) is 24.3 Å². The fraction of sp³-hybridized carbons (Fsp3) is 0.333. The molecule has 0 saturated carbocycles. The molecule has 17 heavy (non-hydrogen) atoms. The lowest BCUT2D eigenvalue weighted by Gasteiger charge is -2.14. The van der Waals surface area contributed by atoms with Crippen molar-refractivity contribution in [2.24, 2.45) is 5.73 Å². The zero-order valence-corrected chi connectivity index (χ0v) is 9.88. The Labute approximate surface area is 99.6 Å². The Balaban J connectivity index is 2.41. The van der Waals surface area contributed by atoms with Crippen LogP contribution in [0.5, 0.6) is 5.75 Å². The number of aryl methyl sites for hydroxylation is 1. The van der Waals surface area contributed by atoms with Gasteiger partial charge in [-0.3, -0.25) is 0 Å². The molecule has 5 heteroatoms. The summed E-state index contributed by atoms with van der Waals surface area (Å²) in [5, 5.41) is 7.84. The Hall–Kier alpha value is -1.88. The molecule has 2 N–H and O–H groups in total. The van der Waals surface area contributed by atoms with Gasteiger partial charge in [0.25, 0.3) is 0 Å². The molecule has 0 radical (unpaired) electrons. The molecule has 5 nitrogen and oxygen atoms in total. The molecule has 0 saturated heterocycles. The summed E-state index contributed by atoms with van der Waals surface area (Å²) >= 11 is 0. The van der Waals surface area contributed by atoms with Crippen molar-refractivity contribution in [3.8, 4) is 5.75 Å². The molecule has 0 aliphatic heterocycles. The predicted octanol–water partition coefficient (Wildman–Crippen LogP) is 1.48. The fourth-order valence-electron chi connectivity index (χ4n) is 1.77. The molecule has 0 bridgehead atoms. The molecule has 1 heterocycles. The van der Waals surface area contributed by atoms with Crippen molar-refractivity contribution in [3.63, 3.8) is 0 Å². The van der Waals surface area contributed by atoms with Crippen LogP contribution < -0.4 is 10.5 Å². The standard InChI is InChI=1S/C12H15N3O2/c1-8-14-15-12(17-8)10(7-13)9-5-3-4-6-11(9)16-2/h3-6,10H,7,13H2,1-2H3. The van der Waals surface area contributed by atoms with Gasteiger partial charge in [0.2, 0.25) is 11.8 Å². The average molecular weight is 233 g/mol. The lowest BCUT2D eigenvalue weighted by atomic mass is 9.98. The lowest BCUT2D eigenvalue weighted by Crippen LogP contribution is -2.15. The van der Waals surface area contributed by atoms with E-state index in [9.17, 15) is 0 Å². The first-order valence-corrected chi connectivity index (χ1v) is 5.39. The van der Waals surface area contributed by atoms with Crippen molar-refractivity contribution in [2.75, 3.05) is 13.7 Å². The maximum atomic E-state index is 5.79. The van der Waals surface area contributed by atoms with Crippen LogP contribution in [0.3, 0.4) is 0 Å². The van der Waals surface area contributed by atoms with E-state index in [0.29, 0.717) is 18.3 Å². The van der Waals surface area contributed by atoms with E-state index in [1.54, 1.807) is 14.0 Å². The molecule has 1 aromatic heterocycles. The highest BCUT2D eigenvalue weighted by molar-refractivity contribution is 5.38. The molecule has 90 valence electrons. The molecule has 0 aliphatic rings. The van der Waals surface area contributed by atoms with E-state index in [-0.39, 0.29) is 5.92 Å². The minimum Gasteiger partial charge on any atom is -0.496 e. The number of para-hydroxylation sites is 1. The predicted molar refractivity (Wildman–Crippen MR) is 62.9 cm³/mol. The summed E-state index contributed by atoms with van der Waals surface area (Å²) in [7, 11) is 1.63. The monoisotopic (exact) mass is 233 g/mol. The maximum absolute atomic E-state index is 5.79. The van der Waals surface area contributed by atoms with Crippen molar-refractivity contribution >= 4 is 0 Å². The van der Waals surface area contributed by atoms with Crippen LogP contribution in [0, 0.1) is 6.92 Å². The minimum atomic E-state index is -0.132. The van der Waals surface area contributed by atoms with Crippen molar-refractivity contribution in [2.45, 2.75) is 12.8 Å². The van der Waals surface area contributed by atoms with Gasteiger partial charge in [-0.05, 0) is 6.07 Å². The number of aromatic nitrogens is 2. The Morgan fingerprint density at radius 3 is 2.71 bits per heavy atom. The molecule has 0 amide bonds. The van der Waals surface area contributed by atoms with Crippen LogP contribution in [0.25, 0.3) is 0 Å². The van der Waals surface area contributed by atoms with Gasteiger partial charge < -0.3 is 14.9 Å². The topological polar surface area (TPSA) is 74.2 Å². The molecule has 1 atom stereocenters. The van der Waals surface area contributed by atoms with E-state index >= 15 is 0 Å². The summed E-state index contributed by atoms with van der Waals surface area (Å²) in [5.41, 5.74) is 6.75. The third kappa shape index (κ3) is 2.29. The van der Waals surface area contributed by atoms with Gasteiger partial charge in [0.15, 0.2) is 0 Å². The van der Waals surface area contributed by atoms with Crippen LogP contribution in [0.4, 0.5) is 0 Å². The van der Waals surface area contributed by atoms with Gasteiger partial charge in [0.05, 0.1) is 13.0 Å². The number of hydrogen-bond acceptors (Lipinski definition) is 5. The lowest BCUT2D eigenvalue weighted by molar-refractivity contribution is 0.398. The van der Waals surface area contributed by atoms with E-state index in [4.69, 9.17) is 14.9 Å². The number of ether oxygens (including phenoxy) is 1. The molecular weight excluding hydrogens is 218 g/mol. The van der Waals surface area contributed by atoms with Gasteiger partial charge in [-0.2, -0.15) is 0 Å². The van der Waals surface area contributed by atoms with Gasteiger partial charge in [0.1, 0.15) is 5.75 Å². The summed E-state index contributed by atoms with van der Waals surface area (Å²) in [6.45, 7) is 2.15. The first-order valence-electron chi connectivity index (χ1n) is 5.39. The number of methoxy groups -OCH3 is 1. The highest BCUT2D eigenvalue weighted by Crippen LogP contribution is 2.30. The van der Waals surface area contributed by atoms with Gasteiger partial charge in [-0.1, -0.05) is 18.2 Å². The van der Waals surface area contributed by atoms with Crippen molar-refractivity contribution in [1.29, 1.82) is 0 Å². The molecule has 0 spiro atoms. The van der Waals surface area contributed by atoms with Gasteiger partial charge in [-0.25, -0.2) is 0 Å². The summed E-state index contributed by atoms with van der Waals surface area (Å²) < 4.78 is 10.7. The summed E-state index contributed by atoms with van der Waals surface area (Å²) in [6, 6.07) is 7.69. The van der Waals surface area contributed by atoms with Gasteiger partial charge in [0, 0.05) is 19.0 Å². The van der Waals surface area contributed by atoms with Crippen molar-refractivity contribution in [3.05, 3.63) is 41.6 Å². The summed E-state index contributed by atoms with van der Waals surface area (Å²) in [5.74, 6) is 1.70. The van der Waals surface area contributed by atoms with E-state index in [2.05, 4.69) is 10.2 Å². The SMILES string of the molecule is COc1ccccc1C(CN)c1nnc(C)o1. The summed E-state index contributed by atoms with van der Waals surface area (Å²) in [6.07, 6.45) is 0. The second kappa shape index (κ2) is 4.97. The Bertz CT molecular complexity index is 496. The zero-order chi connectivity index (χ0) is 12.3. The number of hydrogen-bond donors (Lipinski definition) is 1. The van der Waals surface area contributed by atoms with Crippen LogP contribution >= 0.6 is 0 Å². The third-order valence-corrected chi connectivity index (χ3v) is 2.59. The Morgan fingerprint density at radius 2 is 2.12 bits per heavy atom. The highest BCUT2D eigenvalue weighted by Gasteiger charge is 2.21. The highest BCUT2D eigenvalue weighted by atomic mass is 16.5. The first kappa shape index (κ1) is 11.6. The normalized spacial score (nSPS) is 12.4. The number of nitrogens with zero attached hydrogens (tertiary/aromatic N) is 2. The van der Waals surface area contributed by atoms with Crippen LogP contribution in [0.2, 0.25) is 0 Å². The molecule has 0 aliphatic carbocycles. The summed E-state index contributed by atoms with van der Waals surface area (Å²) in [4.78, 5) is 0. The molecule has 2 rings (SSSR count). The minimum absolute atomic E-state index is 0.132. The first-order chi connectivity index (χ1) is 8.26. The Kier molecular flexibility index (Phi) is 3.39. The molecular formula is C12H15N3O2. The molecule has 0 fully saturated rings. The largest absolute Gasteiger partial charge is 0.496 e. The second-order valence-corrected chi connectivity index (χ2v) is 3.69. The van der Waals surface area contributed by atoms with Crippen LogP contribution in [0.1, 0.15) is 23.3 Å². The maximum Gasteiger partial charge on any atom is 0.225 e. The van der Waals surface area contributed by atoms with E-state index < -0.39 is 0 Å². The second-order valence-electron chi connectivity index (χ2n) is 3.69. The fourth-order valence-corrected chi connectivity index (χ4v) is 1.77. The van der Waals surface area contributed by atoms with Crippen LogP contribution in [0.15, 0.2) is 28.7 Å². The molecule has 1 aromatic carbocycles. The van der Waals surface area contributed by atoms with Crippen LogP contribution in [-0.4, -0.2) is 23.9 Å². The van der Waals surface area contributed by atoms with Crippen LogP contribution in [-0.2, 0) is 0 Å². The smallest absolute Gasteiger partial charge is 0.225 e. The average Bonchev–Trinajstić information content (AvgIpc) is 2.77. The van der Waals surface area contributed by atoms with E-state index in [0.717, 1.165) is 11.3 Å². The number of nitrogens with two attached hydrogens (primary N) is 1. The van der Waals surface area contributed by atoms with E-state index in [1.165, 1.54) is 0 Å². The van der Waals surface area contributed by atoms with Crippen molar-refractivity contribution < 1.29 is 9.15 Å². The number of rotatable bonds is 4. The van der Waals surface area contributed by atoms with Crippen molar-refractivity contribution in [1.82, 2.24) is 10.2 Å². The Morgan fingerprint density at radius 1 is 1.35 bits per heavy atom. The van der Waals surface area contributed by atoms with Gasteiger partial charge >= 0.3 is 0 Å². The quantitative estimate of drug-likeness (QED) is 0.865. The third-order valence-electron chi connectivity index (χ3n) is 2.59. The molecule has 2 aromatic rings.